The Balaban J connectivity index is 1.50. The van der Waals surface area contributed by atoms with E-state index in [0.717, 1.165) is 16.7 Å². The Morgan fingerprint density at radius 2 is 1.68 bits per heavy atom. The van der Waals surface area contributed by atoms with E-state index in [9.17, 15) is 18.8 Å². The number of aryl methyl sites for hydroxylation is 1. The van der Waals surface area contributed by atoms with Crippen LogP contribution in [0.25, 0.3) is 10.9 Å². The second-order valence-electron chi connectivity index (χ2n) is 8.34. The lowest BCUT2D eigenvalue weighted by Crippen LogP contribution is -2.40. The van der Waals surface area contributed by atoms with Gasteiger partial charge < -0.3 is 5.32 Å². The summed E-state index contributed by atoms with van der Waals surface area (Å²) < 4.78 is 15.8. The number of benzene rings is 3. The van der Waals surface area contributed by atoms with E-state index < -0.39 is 5.69 Å². The van der Waals surface area contributed by atoms with Crippen LogP contribution < -0.4 is 16.6 Å². The van der Waals surface area contributed by atoms with Crippen LogP contribution in [0.2, 0.25) is 0 Å². The predicted octanol–water partition coefficient (Wildman–Crippen LogP) is 3.76. The van der Waals surface area contributed by atoms with Crippen LogP contribution in [-0.4, -0.2) is 15.0 Å². The molecule has 0 fully saturated rings. The summed E-state index contributed by atoms with van der Waals surface area (Å²) >= 11 is 0. The molecular formula is C27H26FN3O3. The van der Waals surface area contributed by atoms with Gasteiger partial charge in [0.05, 0.1) is 17.4 Å². The minimum Gasteiger partial charge on any atom is -0.352 e. The second kappa shape index (κ2) is 10.3. The smallest absolute Gasteiger partial charge is 0.331 e. The van der Waals surface area contributed by atoms with Crippen molar-refractivity contribution in [2.45, 2.75) is 39.4 Å². The average Bonchev–Trinajstić information content (AvgIpc) is 2.83. The highest BCUT2D eigenvalue weighted by atomic mass is 19.1. The molecule has 0 aliphatic carbocycles. The molecule has 7 heteroatoms. The maximum atomic E-state index is 13.3. The van der Waals surface area contributed by atoms with E-state index in [1.807, 2.05) is 37.3 Å². The van der Waals surface area contributed by atoms with Gasteiger partial charge in [-0.2, -0.15) is 0 Å². The number of rotatable bonds is 8. The molecule has 0 unspecified atom stereocenters. The van der Waals surface area contributed by atoms with Gasteiger partial charge in [0.2, 0.25) is 5.91 Å². The third kappa shape index (κ3) is 5.31. The van der Waals surface area contributed by atoms with Gasteiger partial charge in [-0.15, -0.1) is 0 Å². The van der Waals surface area contributed by atoms with E-state index in [2.05, 4.69) is 5.32 Å². The molecule has 6 nitrogen and oxygen atoms in total. The van der Waals surface area contributed by atoms with E-state index in [4.69, 9.17) is 0 Å². The summed E-state index contributed by atoms with van der Waals surface area (Å²) in [6, 6.07) is 20.9. The molecule has 1 N–H and O–H groups in total. The van der Waals surface area contributed by atoms with Crippen molar-refractivity contribution in [2.75, 3.05) is 0 Å². The van der Waals surface area contributed by atoms with Gasteiger partial charge in [0.15, 0.2) is 0 Å². The Morgan fingerprint density at radius 3 is 2.44 bits per heavy atom. The Bertz CT molecular complexity index is 1440. The standard InChI is InChI=1S/C27H26FN3O3/c1-19-6-4-7-21(16-19)18-31-24-9-3-2-8-23(24)26(33)30(27(31)34)15-5-10-25(32)29-17-20-11-13-22(28)14-12-20/h2-4,6-9,11-14,16H,5,10,15,17-18H2,1H3,(H,29,32). The fraction of sp³-hybridized carbons (Fsp3) is 0.222. The highest BCUT2D eigenvalue weighted by Crippen LogP contribution is 2.12. The molecule has 0 saturated carbocycles. The van der Waals surface area contributed by atoms with Crippen molar-refractivity contribution in [1.29, 1.82) is 0 Å². The summed E-state index contributed by atoms with van der Waals surface area (Å²) in [4.78, 5) is 38.6. The van der Waals surface area contributed by atoms with Crippen molar-refractivity contribution in [1.82, 2.24) is 14.5 Å². The number of para-hydroxylation sites is 1. The molecule has 0 aliphatic heterocycles. The summed E-state index contributed by atoms with van der Waals surface area (Å²) in [5.74, 6) is -0.526. The molecule has 34 heavy (non-hydrogen) atoms. The minimum atomic E-state index is -0.392. The van der Waals surface area contributed by atoms with Crippen molar-refractivity contribution in [3.8, 4) is 0 Å². The van der Waals surface area contributed by atoms with Crippen molar-refractivity contribution < 1.29 is 9.18 Å². The number of hydrogen-bond donors (Lipinski definition) is 1. The quantitative estimate of drug-likeness (QED) is 0.436. The number of aromatic nitrogens is 2. The maximum absolute atomic E-state index is 13.3. The van der Waals surface area contributed by atoms with Crippen molar-refractivity contribution in [2.24, 2.45) is 0 Å². The molecule has 1 amide bonds. The van der Waals surface area contributed by atoms with E-state index in [0.29, 0.717) is 30.4 Å². The predicted molar refractivity (Wildman–Crippen MR) is 130 cm³/mol. The summed E-state index contributed by atoms with van der Waals surface area (Å²) in [6.45, 7) is 2.77. The Kier molecular flexibility index (Phi) is 7.01. The van der Waals surface area contributed by atoms with Crippen LogP contribution >= 0.6 is 0 Å². The number of nitrogens with one attached hydrogen (secondary N) is 1. The Hall–Kier alpha value is -4.00. The molecule has 0 saturated heterocycles. The second-order valence-corrected chi connectivity index (χ2v) is 8.34. The molecule has 4 aromatic rings. The molecule has 1 heterocycles. The fourth-order valence-corrected chi connectivity index (χ4v) is 4.00. The van der Waals surface area contributed by atoms with E-state index in [-0.39, 0.29) is 30.2 Å². The highest BCUT2D eigenvalue weighted by molar-refractivity contribution is 5.78. The van der Waals surface area contributed by atoms with Crippen molar-refractivity contribution in [3.63, 3.8) is 0 Å². The molecule has 0 bridgehead atoms. The Morgan fingerprint density at radius 1 is 0.912 bits per heavy atom. The zero-order valence-corrected chi connectivity index (χ0v) is 19.0. The van der Waals surface area contributed by atoms with Crippen LogP contribution in [0.5, 0.6) is 0 Å². The number of amides is 1. The SMILES string of the molecule is Cc1cccc(Cn2c(=O)n(CCCC(=O)NCc3ccc(F)cc3)c(=O)c3ccccc32)c1. The van der Waals surface area contributed by atoms with Crippen LogP contribution in [0, 0.1) is 12.7 Å². The van der Waals surface area contributed by atoms with Gasteiger partial charge >= 0.3 is 5.69 Å². The molecule has 0 radical (unpaired) electrons. The van der Waals surface area contributed by atoms with Crippen LogP contribution in [0.15, 0.2) is 82.4 Å². The number of nitrogens with zero attached hydrogens (tertiary/aromatic N) is 2. The molecule has 4 rings (SSSR count). The minimum absolute atomic E-state index is 0.139. The third-order valence-corrected chi connectivity index (χ3v) is 5.74. The Labute approximate surface area is 196 Å². The van der Waals surface area contributed by atoms with Gasteiger partial charge in [0, 0.05) is 19.5 Å². The summed E-state index contributed by atoms with van der Waals surface area (Å²) in [5.41, 5.74) is 2.70. The van der Waals surface area contributed by atoms with Gasteiger partial charge in [-0.1, -0.05) is 54.1 Å². The van der Waals surface area contributed by atoms with Crippen LogP contribution in [0.4, 0.5) is 4.39 Å². The normalized spacial score (nSPS) is 11.0. The van der Waals surface area contributed by atoms with Gasteiger partial charge in [-0.3, -0.25) is 18.7 Å². The first-order valence-corrected chi connectivity index (χ1v) is 11.2. The van der Waals surface area contributed by atoms with Crippen LogP contribution in [-0.2, 0) is 24.4 Å². The molecule has 3 aromatic carbocycles. The molecule has 0 spiro atoms. The topological polar surface area (TPSA) is 73.1 Å². The van der Waals surface area contributed by atoms with Crippen molar-refractivity contribution in [3.05, 3.63) is 116 Å². The third-order valence-electron chi connectivity index (χ3n) is 5.74. The monoisotopic (exact) mass is 459 g/mol. The molecule has 0 atom stereocenters. The summed E-state index contributed by atoms with van der Waals surface area (Å²) in [7, 11) is 0. The summed E-state index contributed by atoms with van der Waals surface area (Å²) in [6.07, 6.45) is 0.505. The number of carbonyl (C=O) groups is 1. The first-order chi connectivity index (χ1) is 16.4. The van der Waals surface area contributed by atoms with E-state index in [1.165, 1.54) is 16.7 Å². The number of hydrogen-bond acceptors (Lipinski definition) is 3. The zero-order chi connectivity index (χ0) is 24.1. The maximum Gasteiger partial charge on any atom is 0.331 e. The van der Waals surface area contributed by atoms with Gasteiger partial charge in [-0.25, -0.2) is 9.18 Å². The molecular weight excluding hydrogens is 433 g/mol. The van der Waals surface area contributed by atoms with E-state index in [1.54, 1.807) is 34.9 Å². The van der Waals surface area contributed by atoms with Crippen LogP contribution in [0.1, 0.15) is 29.5 Å². The number of carbonyl (C=O) groups excluding carboxylic acids is 1. The van der Waals surface area contributed by atoms with Gasteiger partial charge in [0.1, 0.15) is 5.82 Å². The highest BCUT2D eigenvalue weighted by Gasteiger charge is 2.14. The number of halogens is 1. The van der Waals surface area contributed by atoms with Gasteiger partial charge in [-0.05, 0) is 48.7 Å². The van der Waals surface area contributed by atoms with Gasteiger partial charge in [0.25, 0.3) is 5.56 Å². The zero-order valence-electron chi connectivity index (χ0n) is 19.0. The first-order valence-electron chi connectivity index (χ1n) is 11.2. The lowest BCUT2D eigenvalue weighted by molar-refractivity contribution is -0.121. The lowest BCUT2D eigenvalue weighted by Gasteiger charge is -2.14. The number of fused-ring (bicyclic) bond motifs is 1. The molecule has 174 valence electrons. The van der Waals surface area contributed by atoms with E-state index >= 15 is 0 Å². The lowest BCUT2D eigenvalue weighted by atomic mass is 10.1. The fourth-order valence-electron chi connectivity index (χ4n) is 4.00. The summed E-state index contributed by atoms with van der Waals surface area (Å²) in [5, 5.41) is 3.25. The van der Waals surface area contributed by atoms with Crippen molar-refractivity contribution >= 4 is 16.8 Å². The first kappa shape index (κ1) is 23.2. The average molecular weight is 460 g/mol. The molecule has 0 aliphatic rings. The van der Waals surface area contributed by atoms with Crippen LogP contribution in [0.3, 0.4) is 0 Å². The molecule has 1 aromatic heterocycles. The largest absolute Gasteiger partial charge is 0.352 e.